The Morgan fingerprint density at radius 2 is 1.38 bits per heavy atom. The van der Waals surface area contributed by atoms with E-state index in [4.69, 9.17) is 14.9 Å². The van der Waals surface area contributed by atoms with Gasteiger partial charge in [-0.2, -0.15) is 0 Å². The summed E-state index contributed by atoms with van der Waals surface area (Å²) in [6, 6.07) is 6.52. The summed E-state index contributed by atoms with van der Waals surface area (Å²) in [5.74, 6) is -0.190. The molecule has 21 heavy (non-hydrogen) atoms. The van der Waals surface area contributed by atoms with Crippen LogP contribution in [-0.4, -0.2) is 29.4 Å². The molecule has 0 fully saturated rings. The van der Waals surface area contributed by atoms with Gasteiger partial charge in [0.15, 0.2) is 0 Å². The first-order valence-electron chi connectivity index (χ1n) is 7.81. The molecule has 0 aliphatic carbocycles. The molecule has 0 radical (unpaired) electrons. The molecular formula is C17H26O4. The van der Waals surface area contributed by atoms with Crippen LogP contribution in [-0.2, 0) is 0 Å². The molecule has 0 saturated carbocycles. The summed E-state index contributed by atoms with van der Waals surface area (Å²) in [7, 11) is 0. The number of carboxylic acid groups (broad SMARTS) is 1. The Kier molecular flexibility index (Phi) is 9.29. The van der Waals surface area contributed by atoms with Gasteiger partial charge in [-0.1, -0.05) is 38.5 Å². The molecule has 1 aromatic carbocycles. The first-order valence-corrected chi connectivity index (χ1v) is 7.81. The molecule has 0 heterocycles. The average Bonchev–Trinajstić information content (AvgIpc) is 2.49. The molecule has 0 aliphatic rings. The lowest BCUT2D eigenvalue weighted by Crippen LogP contribution is -1.99. The number of carboxylic acids is 1. The van der Waals surface area contributed by atoms with Crippen molar-refractivity contribution in [1.29, 1.82) is 0 Å². The molecule has 2 N–H and O–H groups in total. The van der Waals surface area contributed by atoms with E-state index in [2.05, 4.69) is 0 Å². The maximum atomic E-state index is 10.7. The maximum Gasteiger partial charge on any atom is 0.335 e. The lowest BCUT2D eigenvalue weighted by molar-refractivity contribution is 0.0697. The van der Waals surface area contributed by atoms with Crippen molar-refractivity contribution in [3.8, 4) is 5.75 Å². The maximum absolute atomic E-state index is 10.7. The van der Waals surface area contributed by atoms with Gasteiger partial charge in [0, 0.05) is 6.61 Å². The smallest absolute Gasteiger partial charge is 0.335 e. The van der Waals surface area contributed by atoms with Gasteiger partial charge < -0.3 is 14.9 Å². The van der Waals surface area contributed by atoms with E-state index in [9.17, 15) is 4.79 Å². The van der Waals surface area contributed by atoms with Crippen molar-refractivity contribution in [3.05, 3.63) is 29.8 Å². The second kappa shape index (κ2) is 11.1. The van der Waals surface area contributed by atoms with E-state index in [1.807, 2.05) is 0 Å². The number of aliphatic hydroxyl groups is 1. The van der Waals surface area contributed by atoms with Gasteiger partial charge in [-0.15, -0.1) is 0 Å². The SMILES string of the molecule is O=C(O)c1ccc(OCCCCCCCCCCO)cc1. The van der Waals surface area contributed by atoms with Gasteiger partial charge in [0.1, 0.15) is 5.75 Å². The van der Waals surface area contributed by atoms with Crippen molar-refractivity contribution >= 4 is 5.97 Å². The number of benzene rings is 1. The van der Waals surface area contributed by atoms with Crippen LogP contribution in [0.3, 0.4) is 0 Å². The number of ether oxygens (including phenoxy) is 1. The molecule has 0 saturated heterocycles. The molecule has 0 aliphatic heterocycles. The lowest BCUT2D eigenvalue weighted by atomic mass is 10.1. The fourth-order valence-corrected chi connectivity index (χ4v) is 2.16. The minimum absolute atomic E-state index is 0.281. The fourth-order valence-electron chi connectivity index (χ4n) is 2.16. The van der Waals surface area contributed by atoms with E-state index in [0.29, 0.717) is 13.2 Å². The normalized spacial score (nSPS) is 10.5. The summed E-state index contributed by atoms with van der Waals surface area (Å²) in [5, 5.41) is 17.4. The summed E-state index contributed by atoms with van der Waals surface area (Å²) in [4.78, 5) is 10.7. The van der Waals surface area contributed by atoms with Crippen LogP contribution in [0.2, 0.25) is 0 Å². The van der Waals surface area contributed by atoms with Gasteiger partial charge >= 0.3 is 5.97 Å². The van der Waals surface area contributed by atoms with Gasteiger partial charge in [-0.25, -0.2) is 4.79 Å². The Balaban J connectivity index is 1.98. The highest BCUT2D eigenvalue weighted by Gasteiger charge is 2.01. The Morgan fingerprint density at radius 3 is 1.90 bits per heavy atom. The number of unbranched alkanes of at least 4 members (excludes halogenated alkanes) is 7. The summed E-state index contributed by atoms with van der Waals surface area (Å²) in [6.07, 6.45) is 9.18. The van der Waals surface area contributed by atoms with Crippen LogP contribution in [0.15, 0.2) is 24.3 Å². The molecule has 118 valence electrons. The number of carbonyl (C=O) groups is 1. The van der Waals surface area contributed by atoms with Crippen LogP contribution in [0.4, 0.5) is 0 Å². The van der Waals surface area contributed by atoms with Gasteiger partial charge in [-0.3, -0.25) is 0 Å². The number of hydrogen-bond acceptors (Lipinski definition) is 3. The van der Waals surface area contributed by atoms with Crippen molar-refractivity contribution in [1.82, 2.24) is 0 Å². The number of rotatable bonds is 12. The Hall–Kier alpha value is -1.55. The van der Waals surface area contributed by atoms with Crippen molar-refractivity contribution in [2.45, 2.75) is 51.4 Å². The van der Waals surface area contributed by atoms with E-state index in [0.717, 1.165) is 31.4 Å². The van der Waals surface area contributed by atoms with Gasteiger partial charge in [-0.05, 0) is 37.1 Å². The van der Waals surface area contributed by atoms with Crippen molar-refractivity contribution < 1.29 is 19.7 Å². The third kappa shape index (κ3) is 8.35. The van der Waals surface area contributed by atoms with Crippen LogP contribution in [0.1, 0.15) is 61.7 Å². The monoisotopic (exact) mass is 294 g/mol. The van der Waals surface area contributed by atoms with Crippen LogP contribution in [0.5, 0.6) is 5.75 Å². The lowest BCUT2D eigenvalue weighted by Gasteiger charge is -2.06. The van der Waals surface area contributed by atoms with Crippen LogP contribution < -0.4 is 4.74 Å². The average molecular weight is 294 g/mol. The van der Waals surface area contributed by atoms with Crippen molar-refractivity contribution in [2.24, 2.45) is 0 Å². The summed E-state index contributed by atoms with van der Waals surface area (Å²) in [6.45, 7) is 0.988. The predicted molar refractivity (Wildman–Crippen MR) is 82.9 cm³/mol. The highest BCUT2D eigenvalue weighted by Crippen LogP contribution is 2.13. The molecule has 0 amide bonds. The van der Waals surface area contributed by atoms with Crippen LogP contribution >= 0.6 is 0 Å². The topological polar surface area (TPSA) is 66.8 Å². The second-order valence-electron chi connectivity index (χ2n) is 5.23. The first kappa shape index (κ1) is 17.5. The van der Waals surface area contributed by atoms with E-state index in [1.165, 1.54) is 25.7 Å². The number of aliphatic hydroxyl groups excluding tert-OH is 1. The molecule has 1 rings (SSSR count). The van der Waals surface area contributed by atoms with Crippen LogP contribution in [0, 0.1) is 0 Å². The molecule has 4 heteroatoms. The molecule has 0 atom stereocenters. The fraction of sp³-hybridized carbons (Fsp3) is 0.588. The molecule has 0 bridgehead atoms. The molecule has 0 unspecified atom stereocenters. The largest absolute Gasteiger partial charge is 0.494 e. The Labute approximate surface area is 126 Å². The molecule has 1 aromatic rings. The Bertz CT molecular complexity index is 386. The zero-order chi connectivity index (χ0) is 15.3. The zero-order valence-electron chi connectivity index (χ0n) is 12.6. The molecule has 0 spiro atoms. The van der Waals surface area contributed by atoms with E-state index >= 15 is 0 Å². The van der Waals surface area contributed by atoms with Crippen molar-refractivity contribution in [2.75, 3.05) is 13.2 Å². The third-order valence-electron chi connectivity index (χ3n) is 3.42. The third-order valence-corrected chi connectivity index (χ3v) is 3.42. The highest BCUT2D eigenvalue weighted by atomic mass is 16.5. The second-order valence-corrected chi connectivity index (χ2v) is 5.23. The zero-order valence-corrected chi connectivity index (χ0v) is 12.6. The standard InChI is InChI=1S/C17H26O4/c18-13-7-5-3-1-2-4-6-8-14-21-16-11-9-15(10-12-16)17(19)20/h9-12,18H,1-8,13-14H2,(H,19,20). The van der Waals surface area contributed by atoms with Crippen molar-refractivity contribution in [3.63, 3.8) is 0 Å². The van der Waals surface area contributed by atoms with Gasteiger partial charge in [0.25, 0.3) is 0 Å². The number of aromatic carboxylic acids is 1. The minimum atomic E-state index is -0.916. The summed E-state index contributed by atoms with van der Waals surface area (Å²) < 4.78 is 5.58. The van der Waals surface area contributed by atoms with E-state index < -0.39 is 5.97 Å². The summed E-state index contributed by atoms with van der Waals surface area (Å²) >= 11 is 0. The number of hydrogen-bond donors (Lipinski definition) is 2. The van der Waals surface area contributed by atoms with Gasteiger partial charge in [0.2, 0.25) is 0 Å². The summed E-state index contributed by atoms with van der Waals surface area (Å²) in [5.41, 5.74) is 0.281. The minimum Gasteiger partial charge on any atom is -0.494 e. The molecule has 0 aromatic heterocycles. The van der Waals surface area contributed by atoms with E-state index in [-0.39, 0.29) is 5.56 Å². The van der Waals surface area contributed by atoms with Gasteiger partial charge in [0.05, 0.1) is 12.2 Å². The Morgan fingerprint density at radius 1 is 0.857 bits per heavy atom. The highest BCUT2D eigenvalue weighted by molar-refractivity contribution is 5.87. The quantitative estimate of drug-likeness (QED) is 0.574. The van der Waals surface area contributed by atoms with Crippen LogP contribution in [0.25, 0.3) is 0 Å². The first-order chi connectivity index (χ1) is 10.2. The molecular weight excluding hydrogens is 268 g/mol. The predicted octanol–water partition coefficient (Wildman–Crippen LogP) is 3.88. The molecule has 4 nitrogen and oxygen atoms in total. The van der Waals surface area contributed by atoms with E-state index in [1.54, 1.807) is 24.3 Å².